The fourth-order valence-corrected chi connectivity index (χ4v) is 7.04. The Morgan fingerprint density at radius 2 is 1.16 bits per heavy atom. The molecule has 2 aliphatic heterocycles. The number of hydrogen-bond donors (Lipinski definition) is 3. The summed E-state index contributed by atoms with van der Waals surface area (Å²) in [5.41, 5.74) is 0. The molecule has 258 valence electrons. The highest BCUT2D eigenvalue weighted by Crippen LogP contribution is 2.29. The molecule has 0 radical (unpaired) electrons. The van der Waals surface area contributed by atoms with E-state index in [9.17, 15) is 24.9 Å². The van der Waals surface area contributed by atoms with E-state index in [1.54, 1.807) is 0 Å². The maximum Gasteiger partial charge on any atom is 0.309 e. The third kappa shape index (κ3) is 17.6. The molecule has 7 atom stereocenters. The average Bonchev–Trinajstić information content (AvgIpc) is 3.62. The number of unbranched alkanes of at least 4 members (excludes halogenated alkanes) is 14. The van der Waals surface area contributed by atoms with Gasteiger partial charge in [0.25, 0.3) is 0 Å². The van der Waals surface area contributed by atoms with Gasteiger partial charge in [-0.15, -0.1) is 0 Å². The summed E-state index contributed by atoms with van der Waals surface area (Å²) in [6.45, 7) is 3.78. The lowest BCUT2D eigenvalue weighted by Crippen LogP contribution is -2.31. The van der Waals surface area contributed by atoms with E-state index < -0.39 is 12.2 Å². The van der Waals surface area contributed by atoms with Gasteiger partial charge < -0.3 is 29.6 Å². The molecule has 7 nitrogen and oxygen atoms in total. The number of Topliss-reactive ketones (excluding diaryl/α,β-unsaturated/α-hetero) is 1. The van der Waals surface area contributed by atoms with Crippen LogP contribution in [-0.4, -0.2) is 63.7 Å². The second-order valence-electron chi connectivity index (χ2n) is 14.1. The molecule has 0 amide bonds. The number of cyclic esters (lactones) is 1. The monoisotopic (exact) mass is 624 g/mol. The standard InChI is InChI=1S/C37H68O7/c1-3-4-5-6-7-8-9-10-11-18-23-33(40)35-25-26-36(44-35)34(41)24-19-14-16-21-31(39)20-15-12-13-17-22-32-28-30(27-29(2)38)37(42)43-32/h30-36,39-41H,3-28H2,1-2H3/t30-,31+,32-,33-,34-,35-,36-/m1/s1. The topological polar surface area (TPSA) is 113 Å². The molecule has 2 saturated heterocycles. The van der Waals surface area contributed by atoms with Crippen LogP contribution in [0, 0.1) is 5.92 Å². The number of ketones is 1. The summed E-state index contributed by atoms with van der Waals surface area (Å²) in [6, 6.07) is 0. The van der Waals surface area contributed by atoms with Crippen molar-refractivity contribution in [3.05, 3.63) is 0 Å². The summed E-state index contributed by atoms with van der Waals surface area (Å²) in [5.74, 6) is -0.419. The molecule has 0 spiro atoms. The highest BCUT2D eigenvalue weighted by molar-refractivity contribution is 5.83. The Morgan fingerprint density at radius 3 is 1.68 bits per heavy atom. The van der Waals surface area contributed by atoms with Gasteiger partial charge in [-0.1, -0.05) is 110 Å². The summed E-state index contributed by atoms with van der Waals surface area (Å²) in [5, 5.41) is 31.6. The Morgan fingerprint density at radius 1 is 0.705 bits per heavy atom. The van der Waals surface area contributed by atoms with Crippen molar-refractivity contribution in [1.82, 2.24) is 0 Å². The van der Waals surface area contributed by atoms with Crippen molar-refractivity contribution in [2.24, 2.45) is 5.92 Å². The van der Waals surface area contributed by atoms with Crippen LogP contribution >= 0.6 is 0 Å². The summed E-state index contributed by atoms with van der Waals surface area (Å²) in [6.07, 6.45) is 25.1. The average molecular weight is 625 g/mol. The molecular formula is C37H68O7. The number of ether oxygens (including phenoxy) is 2. The Hall–Kier alpha value is -1.02. The van der Waals surface area contributed by atoms with E-state index >= 15 is 0 Å². The van der Waals surface area contributed by atoms with Gasteiger partial charge in [0.05, 0.1) is 36.4 Å². The lowest BCUT2D eigenvalue weighted by molar-refractivity contribution is -0.145. The van der Waals surface area contributed by atoms with Gasteiger partial charge in [0.15, 0.2) is 0 Å². The number of rotatable bonds is 28. The first-order chi connectivity index (χ1) is 21.3. The highest BCUT2D eigenvalue weighted by atomic mass is 16.6. The van der Waals surface area contributed by atoms with Gasteiger partial charge >= 0.3 is 5.97 Å². The Labute approximate surface area is 269 Å². The van der Waals surface area contributed by atoms with Gasteiger partial charge in [-0.2, -0.15) is 0 Å². The molecule has 0 saturated carbocycles. The third-order valence-corrected chi connectivity index (χ3v) is 9.85. The maximum atomic E-state index is 11.8. The van der Waals surface area contributed by atoms with Crippen LogP contribution in [0.3, 0.4) is 0 Å². The zero-order chi connectivity index (χ0) is 32.0. The minimum absolute atomic E-state index is 0.0385. The van der Waals surface area contributed by atoms with Crippen LogP contribution in [0.25, 0.3) is 0 Å². The van der Waals surface area contributed by atoms with Crippen LogP contribution in [0.2, 0.25) is 0 Å². The number of aliphatic hydroxyl groups excluding tert-OH is 3. The maximum absolute atomic E-state index is 11.8. The number of carbonyl (C=O) groups excluding carboxylic acids is 2. The van der Waals surface area contributed by atoms with Crippen LogP contribution in [0.5, 0.6) is 0 Å². The molecule has 2 fully saturated rings. The predicted octanol–water partition coefficient (Wildman–Crippen LogP) is 8.13. The SMILES string of the molecule is CCCCCCCCCCCC[C@@H](O)[C@H]1CC[C@H]([C@H](O)CCCCC[C@@H](O)CCCCCC[C@@H]2C[C@@H](CC(C)=O)C(=O)O2)O1. The van der Waals surface area contributed by atoms with Crippen molar-refractivity contribution >= 4 is 11.8 Å². The second kappa shape index (κ2) is 24.2. The smallest absolute Gasteiger partial charge is 0.309 e. The quantitative estimate of drug-likeness (QED) is 0.0595. The highest BCUT2D eigenvalue weighted by Gasteiger charge is 2.35. The van der Waals surface area contributed by atoms with Gasteiger partial charge in [-0.25, -0.2) is 0 Å². The molecule has 7 heteroatoms. The molecule has 2 aliphatic rings. The van der Waals surface area contributed by atoms with Crippen molar-refractivity contribution in [3.63, 3.8) is 0 Å². The van der Waals surface area contributed by atoms with Crippen molar-refractivity contribution in [3.8, 4) is 0 Å². The molecule has 2 rings (SSSR count). The molecule has 0 unspecified atom stereocenters. The zero-order valence-electron chi connectivity index (χ0n) is 28.4. The molecule has 0 aromatic heterocycles. The number of carbonyl (C=O) groups is 2. The predicted molar refractivity (Wildman–Crippen MR) is 176 cm³/mol. The molecule has 0 aliphatic carbocycles. The van der Waals surface area contributed by atoms with E-state index in [2.05, 4.69) is 6.92 Å². The summed E-state index contributed by atoms with van der Waals surface area (Å²) >= 11 is 0. The number of esters is 1. The van der Waals surface area contributed by atoms with E-state index in [0.29, 0.717) is 19.3 Å². The van der Waals surface area contributed by atoms with Crippen LogP contribution in [0.15, 0.2) is 0 Å². The lowest BCUT2D eigenvalue weighted by atomic mass is 9.96. The fourth-order valence-electron chi connectivity index (χ4n) is 7.04. The lowest BCUT2D eigenvalue weighted by Gasteiger charge is -2.22. The third-order valence-electron chi connectivity index (χ3n) is 9.85. The van der Waals surface area contributed by atoms with E-state index in [4.69, 9.17) is 9.47 Å². The normalized spacial score (nSPS) is 24.0. The minimum atomic E-state index is -0.470. The van der Waals surface area contributed by atoms with Gasteiger partial charge in [0.1, 0.15) is 11.9 Å². The summed E-state index contributed by atoms with van der Waals surface area (Å²) in [7, 11) is 0. The van der Waals surface area contributed by atoms with E-state index in [1.165, 1.54) is 64.7 Å². The van der Waals surface area contributed by atoms with Gasteiger partial charge in [0, 0.05) is 6.42 Å². The molecule has 3 N–H and O–H groups in total. The summed E-state index contributed by atoms with van der Waals surface area (Å²) < 4.78 is 11.5. The van der Waals surface area contributed by atoms with Crippen molar-refractivity contribution in [1.29, 1.82) is 0 Å². The molecule has 0 aromatic carbocycles. The van der Waals surface area contributed by atoms with Crippen LogP contribution in [0.1, 0.15) is 181 Å². The largest absolute Gasteiger partial charge is 0.462 e. The van der Waals surface area contributed by atoms with Crippen LogP contribution in [-0.2, 0) is 19.1 Å². The molecule has 44 heavy (non-hydrogen) atoms. The van der Waals surface area contributed by atoms with E-state index in [1.807, 2.05) is 0 Å². The van der Waals surface area contributed by atoms with Crippen molar-refractivity contribution in [2.75, 3.05) is 0 Å². The fraction of sp³-hybridized carbons (Fsp3) is 0.946. The Bertz CT molecular complexity index is 743. The number of hydrogen-bond acceptors (Lipinski definition) is 7. The van der Waals surface area contributed by atoms with Crippen molar-refractivity contribution in [2.45, 2.75) is 217 Å². The minimum Gasteiger partial charge on any atom is -0.462 e. The number of aliphatic hydroxyl groups is 3. The second-order valence-corrected chi connectivity index (χ2v) is 14.1. The molecule has 0 aromatic rings. The molecular weight excluding hydrogens is 556 g/mol. The van der Waals surface area contributed by atoms with Crippen molar-refractivity contribution < 1.29 is 34.4 Å². The van der Waals surface area contributed by atoms with Crippen LogP contribution < -0.4 is 0 Å². The van der Waals surface area contributed by atoms with E-state index in [0.717, 1.165) is 89.9 Å². The first-order valence-electron chi connectivity index (χ1n) is 18.7. The first kappa shape index (κ1) is 39.2. The molecule has 0 bridgehead atoms. The summed E-state index contributed by atoms with van der Waals surface area (Å²) in [4.78, 5) is 23.1. The Balaban J connectivity index is 1.38. The van der Waals surface area contributed by atoms with Gasteiger partial charge in [-0.05, 0) is 64.7 Å². The van der Waals surface area contributed by atoms with Crippen LogP contribution in [0.4, 0.5) is 0 Å². The Kier molecular flexibility index (Phi) is 21.5. The molecule has 2 heterocycles. The first-order valence-corrected chi connectivity index (χ1v) is 18.7. The van der Waals surface area contributed by atoms with E-state index in [-0.39, 0.29) is 42.1 Å². The van der Waals surface area contributed by atoms with Gasteiger partial charge in [-0.3, -0.25) is 4.79 Å². The van der Waals surface area contributed by atoms with Gasteiger partial charge in [0.2, 0.25) is 0 Å². The zero-order valence-corrected chi connectivity index (χ0v) is 28.4.